The quantitative estimate of drug-likeness (QED) is 0.789. The molecule has 1 N–H and O–H groups in total. The molecule has 1 heteroatoms. The van der Waals surface area contributed by atoms with Gasteiger partial charge in [0.1, 0.15) is 6.10 Å². The summed E-state index contributed by atoms with van der Waals surface area (Å²) in [7, 11) is 0. The first-order chi connectivity index (χ1) is 7.97. The summed E-state index contributed by atoms with van der Waals surface area (Å²) < 4.78 is 0. The van der Waals surface area contributed by atoms with Gasteiger partial charge in [-0.05, 0) is 23.8 Å². The van der Waals surface area contributed by atoms with Crippen LogP contribution in [-0.4, -0.2) is 11.2 Å². The largest absolute Gasteiger partial charge is 0.380 e. The Morgan fingerprint density at radius 1 is 1.18 bits per heavy atom. The molecular formula is C16H22O. The van der Waals surface area contributed by atoms with Crippen LogP contribution in [0.2, 0.25) is 0 Å². The highest BCUT2D eigenvalue weighted by Crippen LogP contribution is 2.20. The fourth-order valence-electron chi connectivity index (χ4n) is 1.67. The predicted molar refractivity (Wildman–Crippen MR) is 72.6 cm³/mol. The summed E-state index contributed by atoms with van der Waals surface area (Å²) in [4.78, 5) is 0. The molecule has 0 heterocycles. The fraction of sp³-hybridized carbons (Fsp3) is 0.500. The minimum absolute atomic E-state index is 0.132. The van der Waals surface area contributed by atoms with E-state index >= 15 is 0 Å². The number of hydrogen-bond donors (Lipinski definition) is 1. The van der Waals surface area contributed by atoms with Crippen molar-refractivity contribution in [3.8, 4) is 11.8 Å². The Hall–Kier alpha value is -1.26. The summed E-state index contributed by atoms with van der Waals surface area (Å²) in [6.07, 6.45) is 2.00. The number of benzene rings is 1. The Kier molecular flexibility index (Phi) is 5.25. The van der Waals surface area contributed by atoms with Crippen LogP contribution in [0.1, 0.15) is 39.2 Å². The fourth-order valence-corrected chi connectivity index (χ4v) is 1.67. The molecule has 92 valence electrons. The van der Waals surface area contributed by atoms with E-state index in [9.17, 15) is 5.11 Å². The van der Waals surface area contributed by atoms with E-state index in [1.807, 2.05) is 18.2 Å². The minimum Gasteiger partial charge on any atom is -0.380 e. The standard InChI is InChI=1S/C16H22O/c1-16(2,3)13-15(17)12-8-7-11-14-9-5-4-6-10-14/h4-6,9-10,15,17H,7,11,13H2,1-3H3/t15-/m0/s1. The molecule has 1 rings (SSSR count). The molecule has 0 bridgehead atoms. The molecule has 17 heavy (non-hydrogen) atoms. The van der Waals surface area contributed by atoms with Crippen LogP contribution in [0.15, 0.2) is 30.3 Å². The molecule has 0 radical (unpaired) electrons. The molecule has 0 aromatic heterocycles. The highest BCUT2D eigenvalue weighted by atomic mass is 16.3. The highest BCUT2D eigenvalue weighted by molar-refractivity contribution is 5.16. The minimum atomic E-state index is -0.495. The normalized spacial score (nSPS) is 12.7. The molecule has 1 atom stereocenters. The van der Waals surface area contributed by atoms with Gasteiger partial charge in [0.05, 0.1) is 0 Å². The number of aliphatic hydroxyl groups is 1. The maximum absolute atomic E-state index is 9.71. The molecule has 0 aliphatic carbocycles. The van der Waals surface area contributed by atoms with E-state index in [0.29, 0.717) is 0 Å². The number of hydrogen-bond acceptors (Lipinski definition) is 1. The van der Waals surface area contributed by atoms with Crippen molar-refractivity contribution in [2.45, 2.75) is 46.1 Å². The average molecular weight is 230 g/mol. The highest BCUT2D eigenvalue weighted by Gasteiger charge is 2.14. The van der Waals surface area contributed by atoms with Crippen LogP contribution in [0.5, 0.6) is 0 Å². The molecule has 0 aliphatic rings. The summed E-state index contributed by atoms with van der Waals surface area (Å²) in [6, 6.07) is 10.3. The lowest BCUT2D eigenvalue weighted by molar-refractivity contribution is 0.169. The Morgan fingerprint density at radius 2 is 1.82 bits per heavy atom. The van der Waals surface area contributed by atoms with Gasteiger partial charge in [0, 0.05) is 6.42 Å². The monoisotopic (exact) mass is 230 g/mol. The van der Waals surface area contributed by atoms with Crippen molar-refractivity contribution < 1.29 is 5.11 Å². The molecule has 0 saturated carbocycles. The Bertz CT molecular complexity index is 375. The van der Waals surface area contributed by atoms with E-state index in [2.05, 4.69) is 44.7 Å². The van der Waals surface area contributed by atoms with Gasteiger partial charge in [0.25, 0.3) is 0 Å². The lowest BCUT2D eigenvalue weighted by atomic mass is 9.89. The van der Waals surface area contributed by atoms with Gasteiger partial charge < -0.3 is 5.11 Å². The molecule has 0 amide bonds. The zero-order chi connectivity index (χ0) is 12.7. The molecule has 0 aliphatic heterocycles. The second kappa shape index (κ2) is 6.47. The van der Waals surface area contributed by atoms with Crippen LogP contribution in [0.25, 0.3) is 0 Å². The maximum atomic E-state index is 9.71. The van der Waals surface area contributed by atoms with Gasteiger partial charge in [-0.3, -0.25) is 0 Å². The van der Waals surface area contributed by atoms with Gasteiger partial charge in [-0.2, -0.15) is 0 Å². The summed E-state index contributed by atoms with van der Waals surface area (Å²) in [6.45, 7) is 6.34. The van der Waals surface area contributed by atoms with Gasteiger partial charge in [0.2, 0.25) is 0 Å². The van der Waals surface area contributed by atoms with Gasteiger partial charge in [-0.25, -0.2) is 0 Å². The Labute approximate surface area is 105 Å². The van der Waals surface area contributed by atoms with Crippen LogP contribution in [0.4, 0.5) is 0 Å². The van der Waals surface area contributed by atoms with Crippen molar-refractivity contribution in [2.75, 3.05) is 0 Å². The van der Waals surface area contributed by atoms with Gasteiger partial charge >= 0.3 is 0 Å². The zero-order valence-corrected chi connectivity index (χ0v) is 11.0. The average Bonchev–Trinajstić information content (AvgIpc) is 2.23. The molecule has 0 unspecified atom stereocenters. The first-order valence-corrected chi connectivity index (χ1v) is 6.18. The van der Waals surface area contributed by atoms with E-state index in [1.54, 1.807) is 0 Å². The molecule has 1 aromatic rings. The van der Waals surface area contributed by atoms with E-state index in [0.717, 1.165) is 19.3 Å². The van der Waals surface area contributed by atoms with Crippen molar-refractivity contribution >= 4 is 0 Å². The molecule has 0 fully saturated rings. The summed E-state index contributed by atoms with van der Waals surface area (Å²) in [5.41, 5.74) is 1.43. The third-order valence-electron chi connectivity index (χ3n) is 2.46. The van der Waals surface area contributed by atoms with Crippen LogP contribution < -0.4 is 0 Å². The molecule has 1 nitrogen and oxygen atoms in total. The van der Waals surface area contributed by atoms with Crippen molar-refractivity contribution in [3.63, 3.8) is 0 Å². The SMILES string of the molecule is CC(C)(C)C[C@@H](O)C#CCCc1ccccc1. The second-order valence-electron chi connectivity index (χ2n) is 5.59. The van der Waals surface area contributed by atoms with E-state index < -0.39 is 6.10 Å². The molecular weight excluding hydrogens is 208 g/mol. The van der Waals surface area contributed by atoms with Crippen molar-refractivity contribution in [1.82, 2.24) is 0 Å². The lowest BCUT2D eigenvalue weighted by Gasteiger charge is -2.18. The smallest absolute Gasteiger partial charge is 0.115 e. The Morgan fingerprint density at radius 3 is 2.41 bits per heavy atom. The lowest BCUT2D eigenvalue weighted by Crippen LogP contribution is -2.15. The summed E-state index contributed by atoms with van der Waals surface area (Å²) in [5, 5.41) is 9.71. The Balaban J connectivity index is 2.32. The third-order valence-corrected chi connectivity index (χ3v) is 2.46. The van der Waals surface area contributed by atoms with Crippen LogP contribution in [0.3, 0.4) is 0 Å². The van der Waals surface area contributed by atoms with E-state index in [-0.39, 0.29) is 5.41 Å². The number of aryl methyl sites for hydroxylation is 1. The third kappa shape index (κ3) is 6.81. The second-order valence-corrected chi connectivity index (χ2v) is 5.59. The van der Waals surface area contributed by atoms with Gasteiger partial charge in [0.15, 0.2) is 0 Å². The van der Waals surface area contributed by atoms with Gasteiger partial charge in [-0.15, -0.1) is 5.92 Å². The molecule has 1 aromatic carbocycles. The molecule has 0 saturated heterocycles. The van der Waals surface area contributed by atoms with E-state index in [4.69, 9.17) is 0 Å². The van der Waals surface area contributed by atoms with Gasteiger partial charge in [-0.1, -0.05) is 57.0 Å². The maximum Gasteiger partial charge on any atom is 0.115 e. The first-order valence-electron chi connectivity index (χ1n) is 6.18. The summed E-state index contributed by atoms with van der Waals surface area (Å²) in [5.74, 6) is 5.97. The van der Waals surface area contributed by atoms with Crippen molar-refractivity contribution in [2.24, 2.45) is 5.41 Å². The predicted octanol–water partition coefficient (Wildman–Crippen LogP) is 3.42. The summed E-state index contributed by atoms with van der Waals surface area (Å²) >= 11 is 0. The van der Waals surface area contributed by atoms with Crippen LogP contribution in [-0.2, 0) is 6.42 Å². The molecule has 0 spiro atoms. The van der Waals surface area contributed by atoms with Crippen LogP contribution >= 0.6 is 0 Å². The van der Waals surface area contributed by atoms with Crippen LogP contribution in [0, 0.1) is 17.3 Å². The number of aliphatic hydroxyl groups excluding tert-OH is 1. The van der Waals surface area contributed by atoms with E-state index in [1.165, 1.54) is 5.56 Å². The number of rotatable bonds is 3. The van der Waals surface area contributed by atoms with Crippen molar-refractivity contribution in [1.29, 1.82) is 0 Å². The van der Waals surface area contributed by atoms with Crippen molar-refractivity contribution in [3.05, 3.63) is 35.9 Å². The topological polar surface area (TPSA) is 20.2 Å². The first kappa shape index (κ1) is 13.8. The zero-order valence-electron chi connectivity index (χ0n) is 11.0.